The van der Waals surface area contributed by atoms with Crippen LogP contribution in [-0.2, 0) is 14.8 Å². The second kappa shape index (κ2) is 9.84. The number of sulfonamides is 1. The zero-order valence-corrected chi connectivity index (χ0v) is 20.3. The van der Waals surface area contributed by atoms with Crippen molar-refractivity contribution in [2.24, 2.45) is 0 Å². The minimum atomic E-state index is -4.19. The van der Waals surface area contributed by atoms with Gasteiger partial charge in [0, 0.05) is 36.4 Å². The summed E-state index contributed by atoms with van der Waals surface area (Å²) in [6.07, 6.45) is 0.738. The van der Waals surface area contributed by atoms with Crippen LogP contribution < -0.4 is 10.0 Å². The van der Waals surface area contributed by atoms with Gasteiger partial charge >= 0.3 is 0 Å². The largest absolute Gasteiger partial charge is 0.368 e. The van der Waals surface area contributed by atoms with E-state index in [4.69, 9.17) is 11.6 Å². The number of anilines is 2. The van der Waals surface area contributed by atoms with E-state index in [0.29, 0.717) is 35.9 Å². The van der Waals surface area contributed by atoms with Gasteiger partial charge in [0.25, 0.3) is 10.0 Å². The average molecular weight is 518 g/mol. The van der Waals surface area contributed by atoms with Gasteiger partial charge in [-0.15, -0.1) is 0 Å². The number of likely N-dealkylation sites (N-methyl/N-ethyl adjacent to an activating group) is 1. The Labute approximate surface area is 205 Å². The molecule has 0 saturated heterocycles. The molecule has 0 fully saturated rings. The number of nitrogens with zero attached hydrogens (tertiary/aromatic N) is 4. The van der Waals surface area contributed by atoms with E-state index >= 15 is 0 Å². The topological polar surface area (TPSA) is 133 Å². The number of aryl methyl sites for hydroxylation is 1. The highest BCUT2D eigenvalue weighted by atomic mass is 35.5. The Kier molecular flexibility index (Phi) is 6.85. The van der Waals surface area contributed by atoms with Crippen molar-refractivity contribution in [1.82, 2.24) is 25.1 Å². The van der Waals surface area contributed by atoms with E-state index in [1.165, 1.54) is 23.1 Å². The molecule has 0 spiro atoms. The van der Waals surface area contributed by atoms with E-state index in [9.17, 15) is 17.6 Å². The van der Waals surface area contributed by atoms with E-state index in [1.807, 2.05) is 6.92 Å². The van der Waals surface area contributed by atoms with Gasteiger partial charge in [-0.1, -0.05) is 11.6 Å². The lowest BCUT2D eigenvalue weighted by molar-refractivity contribution is -0.116. The van der Waals surface area contributed by atoms with Crippen LogP contribution in [0.3, 0.4) is 0 Å². The zero-order valence-electron chi connectivity index (χ0n) is 18.7. The highest BCUT2D eigenvalue weighted by Crippen LogP contribution is 2.28. The lowest BCUT2D eigenvalue weighted by atomic mass is 10.2. The summed E-state index contributed by atoms with van der Waals surface area (Å²) in [4.78, 5) is 20.9. The van der Waals surface area contributed by atoms with Crippen molar-refractivity contribution in [3.63, 3.8) is 0 Å². The van der Waals surface area contributed by atoms with Crippen molar-refractivity contribution in [1.29, 1.82) is 0 Å². The van der Waals surface area contributed by atoms with Gasteiger partial charge in [-0.25, -0.2) is 22.8 Å². The molecule has 2 aromatic heterocycles. The fourth-order valence-corrected chi connectivity index (χ4v) is 4.72. The number of aromatic amines is 1. The summed E-state index contributed by atoms with van der Waals surface area (Å²) >= 11 is 5.82. The lowest BCUT2D eigenvalue weighted by Gasteiger charge is -2.13. The molecule has 0 atom stereocenters. The Morgan fingerprint density at radius 2 is 1.91 bits per heavy atom. The van der Waals surface area contributed by atoms with Crippen LogP contribution in [0.2, 0.25) is 5.02 Å². The number of carbonyl (C=O) groups excluding carboxylic acids is 1. The molecule has 0 unspecified atom stereocenters. The number of nitrogens with one attached hydrogen (secondary N) is 3. The van der Waals surface area contributed by atoms with Gasteiger partial charge in [0.05, 0.1) is 11.1 Å². The maximum Gasteiger partial charge on any atom is 0.264 e. The third-order valence-electron chi connectivity index (χ3n) is 5.12. The van der Waals surface area contributed by atoms with Crippen molar-refractivity contribution >= 4 is 50.6 Å². The first-order chi connectivity index (χ1) is 16.7. The van der Waals surface area contributed by atoms with E-state index in [0.717, 1.165) is 29.6 Å². The predicted octanol–water partition coefficient (Wildman–Crippen LogP) is 3.42. The Hall–Kier alpha value is -3.77. The molecule has 35 heavy (non-hydrogen) atoms. The molecule has 3 N–H and O–H groups in total. The normalized spacial score (nSPS) is 11.4. The van der Waals surface area contributed by atoms with Crippen molar-refractivity contribution in [2.75, 3.05) is 30.2 Å². The summed E-state index contributed by atoms with van der Waals surface area (Å²) in [7, 11) is -2.51. The molecule has 0 aliphatic heterocycles. The van der Waals surface area contributed by atoms with Gasteiger partial charge < -0.3 is 10.2 Å². The quantitative estimate of drug-likeness (QED) is 0.290. The number of hydrogen-bond donors (Lipinski definition) is 3. The molecule has 0 aliphatic carbocycles. The van der Waals surface area contributed by atoms with Crippen LogP contribution in [0.5, 0.6) is 0 Å². The van der Waals surface area contributed by atoms with Crippen LogP contribution in [0.4, 0.5) is 15.9 Å². The maximum atomic E-state index is 14.0. The molecule has 4 aromatic rings. The number of benzene rings is 2. The number of fused-ring (bicyclic) bond motifs is 1. The molecule has 0 aliphatic rings. The van der Waals surface area contributed by atoms with Crippen LogP contribution in [0.1, 0.15) is 5.69 Å². The third-order valence-corrected chi connectivity index (χ3v) is 6.75. The molecular formula is C22H21ClFN7O3S. The first-order valence-corrected chi connectivity index (χ1v) is 12.2. The second-order valence-corrected chi connectivity index (χ2v) is 9.79. The standard InChI is InChI=1S/C22H21ClFN7O3S/c1-13-19-21(25-9-10-31(2)12-32)26-20(27-22(19)29-28-13)14-3-6-16(7-4-14)30-35(33,34)18-11-15(23)5-8-17(18)24/h3-8,11-12,30H,9-10H2,1-2H3,(H2,25,26,27,28,29). The fraction of sp³-hybridized carbons (Fsp3) is 0.182. The summed E-state index contributed by atoms with van der Waals surface area (Å²) in [5, 5.41) is 11.1. The number of H-pyrrole nitrogens is 1. The fourth-order valence-electron chi connectivity index (χ4n) is 3.32. The summed E-state index contributed by atoms with van der Waals surface area (Å²) in [5.41, 5.74) is 2.08. The lowest BCUT2D eigenvalue weighted by Crippen LogP contribution is -2.24. The highest BCUT2D eigenvalue weighted by molar-refractivity contribution is 7.92. The number of amides is 1. The average Bonchev–Trinajstić information content (AvgIpc) is 3.21. The van der Waals surface area contributed by atoms with Crippen LogP contribution in [0.15, 0.2) is 47.4 Å². The number of hydrogen-bond acceptors (Lipinski definition) is 7. The minimum absolute atomic E-state index is 0.103. The number of rotatable bonds is 9. The van der Waals surface area contributed by atoms with Gasteiger partial charge in [0.2, 0.25) is 6.41 Å². The molecule has 1 amide bonds. The van der Waals surface area contributed by atoms with Crippen LogP contribution in [0, 0.1) is 12.7 Å². The van der Waals surface area contributed by atoms with E-state index < -0.39 is 20.7 Å². The smallest absolute Gasteiger partial charge is 0.264 e. The molecule has 0 radical (unpaired) electrons. The van der Waals surface area contributed by atoms with Gasteiger partial charge in [-0.3, -0.25) is 14.6 Å². The van der Waals surface area contributed by atoms with Crippen molar-refractivity contribution < 1.29 is 17.6 Å². The minimum Gasteiger partial charge on any atom is -0.368 e. The molecule has 0 bridgehead atoms. The molecule has 10 nitrogen and oxygen atoms in total. The summed E-state index contributed by atoms with van der Waals surface area (Å²) in [5.74, 6) is 0.0221. The summed E-state index contributed by atoms with van der Waals surface area (Å²) < 4.78 is 41.6. The monoisotopic (exact) mass is 517 g/mol. The molecule has 182 valence electrons. The number of aromatic nitrogens is 4. The highest BCUT2D eigenvalue weighted by Gasteiger charge is 2.20. The van der Waals surface area contributed by atoms with E-state index in [-0.39, 0.29) is 10.7 Å². The molecule has 0 saturated carbocycles. The van der Waals surface area contributed by atoms with E-state index in [1.54, 1.807) is 19.2 Å². The Morgan fingerprint density at radius 1 is 1.17 bits per heavy atom. The summed E-state index contributed by atoms with van der Waals surface area (Å²) in [6.45, 7) is 2.77. The Bertz CT molecular complexity index is 1490. The predicted molar refractivity (Wildman–Crippen MR) is 131 cm³/mol. The first kappa shape index (κ1) is 24.4. The van der Waals surface area contributed by atoms with Gasteiger partial charge in [0.15, 0.2) is 11.5 Å². The molecular weight excluding hydrogens is 497 g/mol. The van der Waals surface area contributed by atoms with Crippen molar-refractivity contribution in [2.45, 2.75) is 11.8 Å². The van der Waals surface area contributed by atoms with Gasteiger partial charge in [-0.2, -0.15) is 5.10 Å². The van der Waals surface area contributed by atoms with E-state index in [2.05, 4.69) is 30.2 Å². The zero-order chi connectivity index (χ0) is 25.2. The van der Waals surface area contributed by atoms with Crippen LogP contribution >= 0.6 is 11.6 Å². The van der Waals surface area contributed by atoms with Crippen molar-refractivity contribution in [3.05, 3.63) is 59.0 Å². The SMILES string of the molecule is Cc1n[nH]c2nc(-c3ccc(NS(=O)(=O)c4cc(Cl)ccc4F)cc3)nc(NCCN(C)C=O)c12. The summed E-state index contributed by atoms with van der Waals surface area (Å²) in [6, 6.07) is 9.63. The third kappa shape index (κ3) is 5.33. The number of halogens is 2. The van der Waals surface area contributed by atoms with Gasteiger partial charge in [-0.05, 0) is 49.4 Å². The molecule has 2 aromatic carbocycles. The second-order valence-electron chi connectivity index (χ2n) is 7.70. The Balaban J connectivity index is 1.60. The molecule has 13 heteroatoms. The van der Waals surface area contributed by atoms with Crippen LogP contribution in [0.25, 0.3) is 22.4 Å². The molecule has 2 heterocycles. The van der Waals surface area contributed by atoms with Crippen molar-refractivity contribution in [3.8, 4) is 11.4 Å². The number of carbonyl (C=O) groups is 1. The van der Waals surface area contributed by atoms with Gasteiger partial charge in [0.1, 0.15) is 16.5 Å². The first-order valence-electron chi connectivity index (χ1n) is 10.4. The van der Waals surface area contributed by atoms with Crippen LogP contribution in [-0.4, -0.2) is 60.0 Å². The Morgan fingerprint density at radius 3 is 2.63 bits per heavy atom. The molecule has 4 rings (SSSR count). The maximum absolute atomic E-state index is 14.0.